The third kappa shape index (κ3) is 3.61. The molecule has 0 saturated carbocycles. The monoisotopic (exact) mass is 372 g/mol. The summed E-state index contributed by atoms with van der Waals surface area (Å²) in [6.45, 7) is 3.61. The second-order valence-electron chi connectivity index (χ2n) is 5.99. The zero-order valence-electron chi connectivity index (χ0n) is 12.1. The maximum absolute atomic E-state index is 12.9. The topological polar surface area (TPSA) is 32.3 Å². The van der Waals surface area contributed by atoms with Crippen LogP contribution in [0.2, 0.25) is 0 Å². The van der Waals surface area contributed by atoms with E-state index in [-0.39, 0.29) is 17.8 Å². The van der Waals surface area contributed by atoms with Crippen molar-refractivity contribution in [3.63, 3.8) is 0 Å². The molecule has 116 valence electrons. The van der Waals surface area contributed by atoms with Gasteiger partial charge in [-0.15, -0.1) is 12.4 Å². The highest BCUT2D eigenvalue weighted by Crippen LogP contribution is 2.39. The third-order valence-electron chi connectivity index (χ3n) is 4.65. The van der Waals surface area contributed by atoms with E-state index in [2.05, 4.69) is 38.3 Å². The first kappa shape index (κ1) is 16.8. The van der Waals surface area contributed by atoms with Gasteiger partial charge in [-0.25, -0.2) is 0 Å². The van der Waals surface area contributed by atoms with Crippen LogP contribution in [-0.2, 0) is 11.3 Å². The van der Waals surface area contributed by atoms with Crippen molar-refractivity contribution in [3.05, 3.63) is 34.3 Å². The first-order chi connectivity index (χ1) is 9.70. The average molecular weight is 374 g/mol. The predicted molar refractivity (Wildman–Crippen MR) is 90.6 cm³/mol. The van der Waals surface area contributed by atoms with E-state index in [0.29, 0.717) is 5.91 Å². The molecule has 0 unspecified atom stereocenters. The van der Waals surface area contributed by atoms with Crippen LogP contribution in [0.1, 0.15) is 31.2 Å². The van der Waals surface area contributed by atoms with Gasteiger partial charge in [0.05, 0.1) is 5.41 Å². The molecule has 0 radical (unpaired) electrons. The molecule has 1 aromatic carbocycles. The van der Waals surface area contributed by atoms with Crippen LogP contribution in [0.4, 0.5) is 0 Å². The number of carbonyl (C=O) groups is 1. The molecule has 0 aromatic heterocycles. The lowest BCUT2D eigenvalue weighted by atomic mass is 9.72. The van der Waals surface area contributed by atoms with Crippen molar-refractivity contribution in [1.82, 2.24) is 10.2 Å². The molecule has 0 aliphatic carbocycles. The molecule has 3 nitrogen and oxygen atoms in total. The molecule has 2 aliphatic heterocycles. The normalized spacial score (nSPS) is 21.2. The van der Waals surface area contributed by atoms with Crippen molar-refractivity contribution >= 4 is 34.2 Å². The summed E-state index contributed by atoms with van der Waals surface area (Å²) in [5.74, 6) is 0.380. The summed E-state index contributed by atoms with van der Waals surface area (Å²) < 4.78 is 1.08. The number of benzene rings is 1. The first-order valence-electron chi connectivity index (χ1n) is 7.44. The lowest BCUT2D eigenvalue weighted by Crippen LogP contribution is -2.52. The Hall–Kier alpha value is -0.580. The van der Waals surface area contributed by atoms with Gasteiger partial charge in [-0.3, -0.25) is 4.79 Å². The molecule has 1 N–H and O–H groups in total. The number of piperidine rings is 2. The largest absolute Gasteiger partial charge is 0.338 e. The molecular weight excluding hydrogens is 352 g/mol. The van der Waals surface area contributed by atoms with E-state index in [0.717, 1.165) is 56.3 Å². The van der Waals surface area contributed by atoms with Crippen LogP contribution in [0, 0.1) is 5.41 Å². The Morgan fingerprint density at radius 1 is 1.24 bits per heavy atom. The Morgan fingerprint density at radius 3 is 2.71 bits per heavy atom. The van der Waals surface area contributed by atoms with Crippen molar-refractivity contribution in [1.29, 1.82) is 0 Å². The van der Waals surface area contributed by atoms with Crippen molar-refractivity contribution < 1.29 is 4.79 Å². The van der Waals surface area contributed by atoms with Gasteiger partial charge in [-0.1, -0.05) is 28.1 Å². The third-order valence-corrected chi connectivity index (χ3v) is 5.14. The van der Waals surface area contributed by atoms with Gasteiger partial charge in [0.25, 0.3) is 0 Å². The fourth-order valence-corrected chi connectivity index (χ4v) is 3.97. The van der Waals surface area contributed by atoms with Gasteiger partial charge in [0.2, 0.25) is 5.91 Å². The molecule has 1 spiro atoms. The molecule has 0 bridgehead atoms. The minimum Gasteiger partial charge on any atom is -0.338 e. The van der Waals surface area contributed by atoms with Crippen molar-refractivity contribution in [2.24, 2.45) is 5.41 Å². The highest BCUT2D eigenvalue weighted by molar-refractivity contribution is 9.10. The summed E-state index contributed by atoms with van der Waals surface area (Å²) in [5, 5.41) is 3.37. The first-order valence-corrected chi connectivity index (χ1v) is 8.23. The number of amides is 1. The Bertz CT molecular complexity index is 497. The summed E-state index contributed by atoms with van der Waals surface area (Å²) in [4.78, 5) is 14.9. The number of halogens is 2. The number of rotatable bonds is 2. The van der Waals surface area contributed by atoms with Crippen LogP contribution < -0.4 is 5.32 Å². The van der Waals surface area contributed by atoms with E-state index in [1.165, 1.54) is 5.56 Å². The number of carbonyl (C=O) groups excluding carboxylic acids is 1. The molecule has 0 atom stereocenters. The quantitative estimate of drug-likeness (QED) is 0.862. The van der Waals surface area contributed by atoms with Gasteiger partial charge in [-0.05, 0) is 56.5 Å². The van der Waals surface area contributed by atoms with E-state index in [4.69, 9.17) is 0 Å². The lowest BCUT2D eigenvalue weighted by molar-refractivity contribution is -0.149. The Morgan fingerprint density at radius 2 is 2.00 bits per heavy atom. The fraction of sp³-hybridized carbons (Fsp3) is 0.562. The Labute approximate surface area is 141 Å². The highest BCUT2D eigenvalue weighted by Gasteiger charge is 2.44. The van der Waals surface area contributed by atoms with Crippen LogP contribution in [0.15, 0.2) is 28.7 Å². The predicted octanol–water partition coefficient (Wildman–Crippen LogP) is 3.36. The lowest BCUT2D eigenvalue weighted by Gasteiger charge is -2.44. The SMILES string of the molecule is Cl.O=C1N(Cc2cccc(Br)c2)CCCC12CCNCC2. The molecule has 5 heteroatoms. The summed E-state index contributed by atoms with van der Waals surface area (Å²) in [7, 11) is 0. The summed E-state index contributed by atoms with van der Waals surface area (Å²) in [5.41, 5.74) is 1.13. The second-order valence-corrected chi connectivity index (χ2v) is 6.91. The van der Waals surface area contributed by atoms with E-state index >= 15 is 0 Å². The maximum Gasteiger partial charge on any atom is 0.229 e. The van der Waals surface area contributed by atoms with Crippen LogP contribution in [0.3, 0.4) is 0 Å². The van der Waals surface area contributed by atoms with Crippen LogP contribution >= 0.6 is 28.3 Å². The molecule has 1 aromatic rings. The van der Waals surface area contributed by atoms with Crippen LogP contribution in [0.5, 0.6) is 0 Å². The Balaban J connectivity index is 0.00000161. The molecule has 2 fully saturated rings. The molecule has 2 heterocycles. The van der Waals surface area contributed by atoms with E-state index < -0.39 is 0 Å². The van der Waals surface area contributed by atoms with Gasteiger partial charge in [0, 0.05) is 17.6 Å². The molecule has 21 heavy (non-hydrogen) atoms. The summed E-state index contributed by atoms with van der Waals surface area (Å²) in [6.07, 6.45) is 4.21. The summed E-state index contributed by atoms with van der Waals surface area (Å²) >= 11 is 3.50. The summed E-state index contributed by atoms with van der Waals surface area (Å²) in [6, 6.07) is 8.27. The van der Waals surface area contributed by atoms with Gasteiger partial charge in [0.15, 0.2) is 0 Å². The average Bonchev–Trinajstić information content (AvgIpc) is 2.45. The van der Waals surface area contributed by atoms with E-state index in [1.807, 2.05) is 12.1 Å². The van der Waals surface area contributed by atoms with Crippen molar-refractivity contribution in [3.8, 4) is 0 Å². The van der Waals surface area contributed by atoms with Crippen molar-refractivity contribution in [2.75, 3.05) is 19.6 Å². The fourth-order valence-electron chi connectivity index (χ4n) is 3.53. The molecule has 3 rings (SSSR count). The van der Waals surface area contributed by atoms with Gasteiger partial charge < -0.3 is 10.2 Å². The number of hydrogen-bond acceptors (Lipinski definition) is 2. The number of nitrogens with one attached hydrogen (secondary N) is 1. The molecule has 2 saturated heterocycles. The van der Waals surface area contributed by atoms with Crippen LogP contribution in [-0.4, -0.2) is 30.4 Å². The zero-order chi connectivity index (χ0) is 14.0. The molecular formula is C16H22BrClN2O. The van der Waals surface area contributed by atoms with Gasteiger partial charge in [0.1, 0.15) is 0 Å². The number of nitrogens with zero attached hydrogens (tertiary/aromatic N) is 1. The second kappa shape index (κ2) is 7.12. The highest BCUT2D eigenvalue weighted by atomic mass is 79.9. The standard InChI is InChI=1S/C16H21BrN2O.ClH/c17-14-4-1-3-13(11-14)12-19-10-2-5-16(15(19)20)6-8-18-9-7-16;/h1,3-4,11,18H,2,5-10,12H2;1H. The molecule has 2 aliphatic rings. The molecule has 1 amide bonds. The smallest absolute Gasteiger partial charge is 0.229 e. The Kier molecular flexibility index (Phi) is 5.69. The van der Waals surface area contributed by atoms with Crippen LogP contribution in [0.25, 0.3) is 0 Å². The minimum absolute atomic E-state index is 0. The van der Waals surface area contributed by atoms with E-state index in [9.17, 15) is 4.79 Å². The number of hydrogen-bond donors (Lipinski definition) is 1. The maximum atomic E-state index is 12.9. The minimum atomic E-state index is -0.0739. The van der Waals surface area contributed by atoms with Gasteiger partial charge >= 0.3 is 0 Å². The van der Waals surface area contributed by atoms with Crippen molar-refractivity contribution in [2.45, 2.75) is 32.2 Å². The number of likely N-dealkylation sites (tertiary alicyclic amines) is 1. The van der Waals surface area contributed by atoms with E-state index in [1.54, 1.807) is 0 Å². The van der Waals surface area contributed by atoms with Gasteiger partial charge in [-0.2, -0.15) is 0 Å². The zero-order valence-corrected chi connectivity index (χ0v) is 14.5.